The minimum Gasteiger partial charge on any atom is -0.355 e. The molecule has 0 aliphatic rings. The number of thiophene rings is 1. The SMILES string of the molecule is Cc1sc2c(N(c3ccccc3)c3cc(Nc4ccccc4)cc(N(c4ccccc4)c4ccccc4)c3)cccc2c1C. The lowest BCUT2D eigenvalue weighted by Gasteiger charge is -2.30. The zero-order valence-corrected chi connectivity index (χ0v) is 25.6. The van der Waals surface area contributed by atoms with Crippen molar-refractivity contribution >= 4 is 66.9 Å². The number of nitrogens with one attached hydrogen (secondary N) is 1. The van der Waals surface area contributed by atoms with E-state index in [0.717, 1.165) is 39.8 Å². The second kappa shape index (κ2) is 12.1. The van der Waals surface area contributed by atoms with Crippen LogP contribution >= 0.6 is 11.3 Å². The second-order valence-electron chi connectivity index (χ2n) is 10.8. The summed E-state index contributed by atoms with van der Waals surface area (Å²) in [6.45, 7) is 4.45. The highest BCUT2D eigenvalue weighted by molar-refractivity contribution is 7.19. The van der Waals surface area contributed by atoms with Crippen LogP contribution in [-0.2, 0) is 0 Å². The predicted octanol–water partition coefficient (Wildman–Crippen LogP) is 12.2. The molecule has 0 spiro atoms. The van der Waals surface area contributed by atoms with Crippen LogP contribution in [0, 0.1) is 13.8 Å². The van der Waals surface area contributed by atoms with Gasteiger partial charge in [0.2, 0.25) is 0 Å². The number of benzene rings is 6. The van der Waals surface area contributed by atoms with E-state index in [2.05, 4.69) is 181 Å². The molecule has 0 saturated heterocycles. The molecule has 3 nitrogen and oxygen atoms in total. The summed E-state index contributed by atoms with van der Waals surface area (Å²) in [5.74, 6) is 0. The van der Waals surface area contributed by atoms with Crippen molar-refractivity contribution in [2.75, 3.05) is 15.1 Å². The first kappa shape index (κ1) is 27.5. The molecule has 1 heterocycles. The highest BCUT2D eigenvalue weighted by atomic mass is 32.1. The van der Waals surface area contributed by atoms with Crippen molar-refractivity contribution in [2.24, 2.45) is 0 Å². The highest BCUT2D eigenvalue weighted by Gasteiger charge is 2.21. The Bertz CT molecular complexity index is 1960. The number of para-hydroxylation sites is 4. The first-order valence-electron chi connectivity index (χ1n) is 14.9. The molecule has 0 bridgehead atoms. The Morgan fingerprint density at radius 1 is 0.455 bits per heavy atom. The molecular weight excluding hydrogens is 555 g/mol. The molecule has 7 rings (SSSR count). The molecule has 6 aromatic carbocycles. The summed E-state index contributed by atoms with van der Waals surface area (Å²) in [7, 11) is 0. The van der Waals surface area contributed by atoms with Crippen LogP contribution < -0.4 is 15.1 Å². The van der Waals surface area contributed by atoms with Gasteiger partial charge in [0.25, 0.3) is 0 Å². The van der Waals surface area contributed by atoms with Gasteiger partial charge in [-0.05, 0) is 97.6 Å². The quantitative estimate of drug-likeness (QED) is 0.191. The Hall–Kier alpha value is -5.32. The first-order valence-corrected chi connectivity index (χ1v) is 15.7. The van der Waals surface area contributed by atoms with E-state index in [9.17, 15) is 0 Å². The van der Waals surface area contributed by atoms with Crippen molar-refractivity contribution < 1.29 is 0 Å². The van der Waals surface area contributed by atoms with Crippen molar-refractivity contribution in [3.63, 3.8) is 0 Å². The fourth-order valence-electron chi connectivity index (χ4n) is 5.74. The normalized spacial score (nSPS) is 11.0. The van der Waals surface area contributed by atoms with E-state index in [0.29, 0.717) is 0 Å². The summed E-state index contributed by atoms with van der Waals surface area (Å²) in [4.78, 5) is 6.06. The van der Waals surface area contributed by atoms with Gasteiger partial charge in [-0.15, -0.1) is 11.3 Å². The third-order valence-corrected chi connectivity index (χ3v) is 9.19. The number of nitrogens with zero attached hydrogens (tertiary/aromatic N) is 2. The summed E-state index contributed by atoms with van der Waals surface area (Å²) in [5, 5.41) is 5.01. The monoisotopic (exact) mass is 587 g/mol. The maximum atomic E-state index is 3.70. The van der Waals surface area contributed by atoms with Crippen LogP contribution in [0.1, 0.15) is 10.4 Å². The summed E-state index contributed by atoms with van der Waals surface area (Å²) in [6, 6.07) is 55.7. The standard InChI is InChI=1S/C40H33N3S/c1-29-30(2)44-40-38(29)24-15-25-39(40)43(35-22-13-6-14-23-35)37-27-32(41-31-16-7-3-8-17-31)26-36(28-37)42(33-18-9-4-10-19-33)34-20-11-5-12-21-34/h3-28,41H,1-2H3. The Kier molecular flexibility index (Phi) is 7.58. The van der Waals surface area contributed by atoms with Gasteiger partial charge in [0.1, 0.15) is 0 Å². The van der Waals surface area contributed by atoms with Gasteiger partial charge in [0.05, 0.1) is 21.8 Å². The van der Waals surface area contributed by atoms with Crippen LogP contribution in [0.4, 0.5) is 45.5 Å². The molecule has 7 aromatic rings. The molecule has 0 aliphatic carbocycles. The average Bonchev–Trinajstić information content (AvgIpc) is 3.37. The molecule has 1 N–H and O–H groups in total. The molecule has 214 valence electrons. The highest BCUT2D eigenvalue weighted by Crippen LogP contribution is 2.46. The zero-order chi connectivity index (χ0) is 29.9. The third-order valence-electron chi connectivity index (χ3n) is 7.95. The number of hydrogen-bond acceptors (Lipinski definition) is 4. The van der Waals surface area contributed by atoms with Gasteiger partial charge in [0, 0.05) is 33.3 Å². The van der Waals surface area contributed by atoms with Gasteiger partial charge in [-0.25, -0.2) is 0 Å². The molecular formula is C40H33N3S. The van der Waals surface area contributed by atoms with Gasteiger partial charge in [0.15, 0.2) is 0 Å². The van der Waals surface area contributed by atoms with Crippen LogP contribution in [0.15, 0.2) is 158 Å². The van der Waals surface area contributed by atoms with Gasteiger partial charge in [-0.2, -0.15) is 0 Å². The van der Waals surface area contributed by atoms with E-state index >= 15 is 0 Å². The van der Waals surface area contributed by atoms with Crippen molar-refractivity contribution in [3.8, 4) is 0 Å². The number of rotatable bonds is 8. The summed E-state index contributed by atoms with van der Waals surface area (Å²) >= 11 is 1.87. The van der Waals surface area contributed by atoms with Crippen LogP contribution in [0.5, 0.6) is 0 Å². The molecule has 0 aliphatic heterocycles. The van der Waals surface area contributed by atoms with Crippen LogP contribution in [0.2, 0.25) is 0 Å². The molecule has 1 aromatic heterocycles. The number of aryl methyl sites for hydroxylation is 2. The van der Waals surface area contributed by atoms with Gasteiger partial charge >= 0.3 is 0 Å². The maximum absolute atomic E-state index is 3.70. The summed E-state index contributed by atoms with van der Waals surface area (Å²) in [6.07, 6.45) is 0. The Labute approximate surface area is 263 Å². The van der Waals surface area contributed by atoms with Crippen molar-refractivity contribution in [2.45, 2.75) is 13.8 Å². The maximum Gasteiger partial charge on any atom is 0.0640 e. The molecule has 0 atom stereocenters. The molecule has 0 radical (unpaired) electrons. The van der Waals surface area contributed by atoms with E-state index in [4.69, 9.17) is 0 Å². The third kappa shape index (κ3) is 5.44. The molecule has 0 unspecified atom stereocenters. The average molecular weight is 588 g/mol. The Morgan fingerprint density at radius 2 is 0.955 bits per heavy atom. The molecule has 0 saturated carbocycles. The fourth-order valence-corrected chi connectivity index (χ4v) is 6.91. The minimum atomic E-state index is 1.01. The van der Waals surface area contributed by atoms with Gasteiger partial charge in [-0.1, -0.05) is 84.9 Å². The van der Waals surface area contributed by atoms with Crippen LogP contribution in [0.3, 0.4) is 0 Å². The van der Waals surface area contributed by atoms with E-state index in [1.54, 1.807) is 0 Å². The lowest BCUT2D eigenvalue weighted by Crippen LogP contribution is -2.14. The Morgan fingerprint density at radius 3 is 1.52 bits per heavy atom. The molecule has 44 heavy (non-hydrogen) atoms. The zero-order valence-electron chi connectivity index (χ0n) is 24.8. The summed E-state index contributed by atoms with van der Waals surface area (Å²) in [5.41, 5.74) is 10.00. The van der Waals surface area contributed by atoms with Crippen molar-refractivity contribution in [1.29, 1.82) is 0 Å². The number of fused-ring (bicyclic) bond motifs is 1. The van der Waals surface area contributed by atoms with Crippen molar-refractivity contribution in [1.82, 2.24) is 0 Å². The van der Waals surface area contributed by atoms with Crippen LogP contribution in [-0.4, -0.2) is 0 Å². The molecule has 4 heteroatoms. The first-order chi connectivity index (χ1) is 21.7. The van der Waals surface area contributed by atoms with E-state index in [1.807, 2.05) is 17.4 Å². The van der Waals surface area contributed by atoms with Crippen molar-refractivity contribution in [3.05, 3.63) is 168 Å². The second-order valence-corrected chi connectivity index (χ2v) is 12.1. The van der Waals surface area contributed by atoms with E-state index < -0.39 is 0 Å². The van der Waals surface area contributed by atoms with E-state index in [1.165, 1.54) is 26.2 Å². The molecule has 0 fully saturated rings. The lowest BCUT2D eigenvalue weighted by atomic mass is 10.1. The Balaban J connectivity index is 1.49. The van der Waals surface area contributed by atoms with Gasteiger partial charge in [-0.3, -0.25) is 0 Å². The van der Waals surface area contributed by atoms with Gasteiger partial charge < -0.3 is 15.1 Å². The number of anilines is 8. The largest absolute Gasteiger partial charge is 0.355 e. The smallest absolute Gasteiger partial charge is 0.0640 e. The lowest BCUT2D eigenvalue weighted by molar-refractivity contribution is 1.25. The summed E-state index contributed by atoms with van der Waals surface area (Å²) < 4.78 is 1.29. The van der Waals surface area contributed by atoms with Crippen LogP contribution in [0.25, 0.3) is 10.1 Å². The fraction of sp³-hybridized carbons (Fsp3) is 0.0500. The topological polar surface area (TPSA) is 18.5 Å². The molecule has 0 amide bonds. The predicted molar refractivity (Wildman–Crippen MR) is 190 cm³/mol. The number of hydrogen-bond donors (Lipinski definition) is 1. The minimum absolute atomic E-state index is 1.01. The van der Waals surface area contributed by atoms with E-state index in [-0.39, 0.29) is 0 Å².